The van der Waals surface area contributed by atoms with Crippen LogP contribution in [-0.4, -0.2) is 161 Å². The van der Waals surface area contributed by atoms with Gasteiger partial charge in [0.15, 0.2) is 11.5 Å². The number of nitrogens with zero attached hydrogens (tertiary/aromatic N) is 11. The highest BCUT2D eigenvalue weighted by atomic mass is 32.2. The van der Waals surface area contributed by atoms with E-state index in [1.165, 1.54) is 122 Å². The molecule has 734 valence electrons. The van der Waals surface area contributed by atoms with E-state index in [4.69, 9.17) is 0 Å². The number of rotatable bonds is 20. The Labute approximate surface area is 788 Å². The molecule has 12 aromatic rings. The summed E-state index contributed by atoms with van der Waals surface area (Å²) in [4.78, 5) is 79.4. The van der Waals surface area contributed by atoms with E-state index in [0.29, 0.717) is 74.7 Å². The largest absolute Gasteiger partial charge is 0.505 e. The molecule has 0 amide bonds. The molecular formula is C87H104N18O24S8. The zero-order valence-corrected chi connectivity index (χ0v) is 83.9. The fraction of sp³-hybridized carbons (Fsp3) is 0.333. The quantitative estimate of drug-likeness (QED) is 0.0433. The van der Waals surface area contributed by atoms with Gasteiger partial charge < -0.3 is 31.5 Å². The van der Waals surface area contributed by atoms with E-state index in [-0.39, 0.29) is 143 Å². The molecule has 4 aromatic carbocycles. The van der Waals surface area contributed by atoms with Gasteiger partial charge in [-0.3, -0.25) is 73.9 Å². The second kappa shape index (κ2) is 36.7. The van der Waals surface area contributed by atoms with Crippen molar-refractivity contribution in [3.8, 4) is 11.5 Å². The van der Waals surface area contributed by atoms with Crippen molar-refractivity contribution in [2.45, 2.75) is 141 Å². The average molecular weight is 2040 g/mol. The summed E-state index contributed by atoms with van der Waals surface area (Å²) in [5, 5.41) is 34.5. The van der Waals surface area contributed by atoms with Crippen molar-refractivity contribution in [3.63, 3.8) is 0 Å². The van der Waals surface area contributed by atoms with Crippen LogP contribution in [0.5, 0.6) is 11.5 Å². The summed E-state index contributed by atoms with van der Waals surface area (Å²) in [6.45, 7) is 21.7. The number of hydrogen-bond donors (Lipinski definition) is 9. The zero-order valence-electron chi connectivity index (χ0n) is 77.4. The van der Waals surface area contributed by atoms with Gasteiger partial charge in [0, 0.05) is 77.8 Å². The van der Waals surface area contributed by atoms with Crippen molar-refractivity contribution in [1.29, 1.82) is 0 Å². The number of sulfone groups is 2. The smallest absolute Gasteiger partial charge is 0.280 e. The second-order valence-corrected chi connectivity index (χ2v) is 51.1. The number of aryl methyl sites for hydroxylation is 4. The molecule has 8 aromatic heterocycles. The maximum Gasteiger partial charge on any atom is 0.280 e. The van der Waals surface area contributed by atoms with Crippen LogP contribution in [0, 0.1) is 22.7 Å². The third-order valence-corrected chi connectivity index (χ3v) is 32.7. The molecule has 0 bridgehead atoms. The number of sulfonamides is 6. The summed E-state index contributed by atoms with van der Waals surface area (Å²) >= 11 is 0. The summed E-state index contributed by atoms with van der Waals surface area (Å²) in [6.07, 6.45) is 13.2. The molecule has 16 rings (SSSR count). The lowest BCUT2D eigenvalue weighted by molar-refractivity contribution is 0.330. The van der Waals surface area contributed by atoms with Crippen LogP contribution in [0.25, 0.3) is 45.1 Å². The molecule has 0 atom stereocenters. The number of aromatic hydroxyl groups is 2. The summed E-state index contributed by atoms with van der Waals surface area (Å²) in [6, 6.07) is 29.3. The lowest BCUT2D eigenvalue weighted by Crippen LogP contribution is -2.53. The first kappa shape index (κ1) is 101. The van der Waals surface area contributed by atoms with Crippen LogP contribution in [-0.2, 0) is 106 Å². The highest BCUT2D eigenvalue weighted by Gasteiger charge is 2.36. The number of benzene rings is 4. The van der Waals surface area contributed by atoms with Gasteiger partial charge in [-0.05, 0) is 170 Å². The molecule has 0 spiro atoms. The lowest BCUT2D eigenvalue weighted by atomic mass is 9.92. The van der Waals surface area contributed by atoms with E-state index in [2.05, 4.69) is 35.4 Å². The Hall–Kier alpha value is -13.1. The topological polar surface area (TPSA) is 547 Å². The van der Waals surface area contributed by atoms with Crippen molar-refractivity contribution >= 4 is 170 Å². The third-order valence-electron chi connectivity index (χ3n) is 22.7. The van der Waals surface area contributed by atoms with E-state index in [0.717, 1.165) is 48.8 Å². The number of hydrogen-bond acceptors (Lipinski definition) is 28. The number of fused-ring (bicyclic) bond motifs is 8. The van der Waals surface area contributed by atoms with E-state index >= 15 is 0 Å². The molecule has 137 heavy (non-hydrogen) atoms. The highest BCUT2D eigenvalue weighted by Crippen LogP contribution is 2.42. The Morgan fingerprint density at radius 3 is 1.03 bits per heavy atom. The van der Waals surface area contributed by atoms with Gasteiger partial charge in [-0.25, -0.2) is 86.1 Å². The molecule has 0 aliphatic carbocycles. The minimum Gasteiger partial charge on any atom is -0.505 e. The van der Waals surface area contributed by atoms with Gasteiger partial charge in [0.25, 0.3) is 42.3 Å². The normalized spacial score (nSPS) is 16.1. The molecule has 0 saturated carbocycles. The monoisotopic (exact) mass is 2040 g/mol. The van der Waals surface area contributed by atoms with E-state index in [1.807, 2.05) is 69.2 Å². The SMILES string of the molecule is CC(C)(C)CCn1c(=O)c(C2=CS(=O)(=O)c3cc(NS(C)(=O)=O)ccc3N2)c(O)c2cccn21.CC(C)CCn1c(=O)c(=C2Nc3ccc(N(C)S(C)(=O)=O)cc3S(=O)(=O)N2)c(=O)c2cccn21.CC(C)CCn1c(=O)c(C2=CS(=O)(=O)c3cc(N(C)S(C)(=O)=O)ccc3N2)c(O)c2cccn21.CN(c1ccc2c(c1)S(=O)(=O)NC(=c1c(=O)c3cccn3n(CCC(C)(C)C)c1=O)N2)S(C)(=O)=O. The molecule has 0 fully saturated rings. The van der Waals surface area contributed by atoms with Crippen LogP contribution < -0.4 is 91.9 Å². The van der Waals surface area contributed by atoms with Crippen LogP contribution in [0.4, 0.5) is 45.5 Å². The molecule has 0 saturated heterocycles. The predicted molar refractivity (Wildman–Crippen MR) is 526 cm³/mol. The van der Waals surface area contributed by atoms with E-state index in [1.54, 1.807) is 82.3 Å². The number of anilines is 8. The van der Waals surface area contributed by atoms with Crippen LogP contribution in [0.1, 0.15) is 106 Å². The molecule has 0 radical (unpaired) electrons. The van der Waals surface area contributed by atoms with Crippen LogP contribution in [0.2, 0.25) is 0 Å². The first-order valence-corrected chi connectivity index (χ1v) is 55.7. The maximum atomic E-state index is 13.5. The van der Waals surface area contributed by atoms with Crippen LogP contribution in [0.3, 0.4) is 0 Å². The van der Waals surface area contributed by atoms with E-state index < -0.39 is 113 Å². The predicted octanol–water partition coefficient (Wildman–Crippen LogP) is 5.83. The molecule has 4 aliphatic heterocycles. The van der Waals surface area contributed by atoms with Gasteiger partial charge in [0.1, 0.15) is 65.1 Å². The fourth-order valence-corrected chi connectivity index (χ4v) is 22.2. The Morgan fingerprint density at radius 1 is 0.394 bits per heavy atom. The second-order valence-electron chi connectivity index (χ2n) is 36.4. The Morgan fingerprint density at radius 2 is 0.693 bits per heavy atom. The first-order valence-electron chi connectivity index (χ1n) is 42.3. The Balaban J connectivity index is 0.000000154. The molecule has 12 heterocycles. The minimum atomic E-state index is -4.23. The van der Waals surface area contributed by atoms with Gasteiger partial charge >= 0.3 is 0 Å². The molecular weight excluding hydrogens is 1940 g/mol. The molecule has 50 heteroatoms. The highest BCUT2D eigenvalue weighted by molar-refractivity contribution is 7.95. The zero-order chi connectivity index (χ0) is 101. The van der Waals surface area contributed by atoms with Gasteiger partial charge in [0.2, 0.25) is 70.6 Å². The van der Waals surface area contributed by atoms with Gasteiger partial charge in [0.05, 0.1) is 96.8 Å². The van der Waals surface area contributed by atoms with Crippen molar-refractivity contribution in [2.75, 3.05) is 85.1 Å². The lowest BCUT2D eigenvalue weighted by Gasteiger charge is -2.25. The number of aromatic nitrogens is 8. The summed E-state index contributed by atoms with van der Waals surface area (Å²) < 4.78 is 221. The minimum absolute atomic E-state index is 0.0544. The number of nitrogens with one attached hydrogen (secondary N) is 7. The first-order chi connectivity index (χ1) is 63.4. The average Bonchev–Trinajstić information content (AvgIpc) is 1.74. The van der Waals surface area contributed by atoms with Crippen LogP contribution >= 0.6 is 0 Å². The maximum absolute atomic E-state index is 13.5. The van der Waals surface area contributed by atoms with Gasteiger partial charge in [-0.15, -0.1) is 0 Å². The van der Waals surface area contributed by atoms with Gasteiger partial charge in [-0.2, -0.15) is 0 Å². The van der Waals surface area contributed by atoms with Crippen molar-refractivity contribution in [3.05, 3.63) is 240 Å². The van der Waals surface area contributed by atoms with E-state index in [9.17, 15) is 106 Å². The molecule has 9 N–H and O–H groups in total. The standard InChI is InChI=1S/C22H27N5O6S2.2C22H26N4O6S2.C21H25N5O6S2/c1-22(2,3)10-12-27-21(29)18(19(28)16-7-6-11-26(16)27)20-23-15-9-8-14(25(4)34(5,30)31)13-17(15)35(32,33)24-20;1-22(2,3)9-11-26-21(28)19(20(27)17-6-5-10-25(17)26)16-13-34(31,32)18-12-14(24-33(4,29)30)7-8-15(18)23-16;1-14(2)9-11-26-22(28)20(21(27)18-6-5-10-25(18)26)17-13-34(31,32)19-12-15(7-8-16(19)23-17)24(3)33(4,29)30;1-13(2)9-11-26-21(28)18(19(27)16-6-5-10-25(16)26)20-22-15-8-7-14(24(3)33(4,29)30)12-17(15)34(31,32)23-20/h6-9,11,13,23-24H,10,12H2,1-5H3;5-8,10,12-13,23-24,27H,9,11H2,1-4H3;5-8,10,12-14,23,27H,9,11H2,1-4H3;5-8,10,12-13,22-23H,9,11H2,1-4H3. The summed E-state index contributed by atoms with van der Waals surface area (Å²) in [7, 11) is -27.1. The van der Waals surface area contributed by atoms with Crippen molar-refractivity contribution < 1.29 is 77.6 Å². The summed E-state index contributed by atoms with van der Waals surface area (Å²) in [5.74, 6) is -0.527. The molecule has 0 unspecified atom stereocenters. The third kappa shape index (κ3) is 21.1. The van der Waals surface area contributed by atoms with Crippen LogP contribution in [0.15, 0.2) is 205 Å². The Bertz CT molecular complexity index is 8620. The molecule has 42 nitrogen and oxygen atoms in total. The summed E-state index contributed by atoms with van der Waals surface area (Å²) in [5.41, 5.74) is -1.82. The van der Waals surface area contributed by atoms with Crippen molar-refractivity contribution in [1.82, 2.24) is 46.2 Å². The molecule has 4 aliphatic rings. The fourth-order valence-electron chi connectivity index (χ4n) is 15.1. The van der Waals surface area contributed by atoms with Crippen molar-refractivity contribution in [2.24, 2.45) is 22.7 Å². The Kier molecular flexibility index (Phi) is 27.2. The van der Waals surface area contributed by atoms with Gasteiger partial charge in [-0.1, -0.05) is 69.2 Å².